The van der Waals surface area contributed by atoms with E-state index in [-0.39, 0.29) is 24.0 Å². The maximum atomic E-state index is 12.3. The molecule has 36 heavy (non-hydrogen) atoms. The van der Waals surface area contributed by atoms with Gasteiger partial charge in [0.05, 0.1) is 18.6 Å². The predicted octanol–water partition coefficient (Wildman–Crippen LogP) is 4.33. The molecule has 2 N–H and O–H groups in total. The van der Waals surface area contributed by atoms with Gasteiger partial charge in [-0.15, -0.1) is 0 Å². The Morgan fingerprint density at radius 1 is 1.28 bits per heavy atom. The molecule has 1 fully saturated rings. The maximum absolute atomic E-state index is 12.3. The molecule has 1 aromatic carbocycles. The van der Waals surface area contributed by atoms with E-state index < -0.39 is 11.1 Å². The van der Waals surface area contributed by atoms with Gasteiger partial charge in [0.25, 0.3) is 0 Å². The van der Waals surface area contributed by atoms with E-state index >= 15 is 0 Å². The van der Waals surface area contributed by atoms with Crippen LogP contribution in [0.2, 0.25) is 0 Å². The standard InChI is InChI=1S/C26H31N5O4S/c1-16(2)24-20-12-18(17-6-9-30(10-7-17)23(32)8-11-36(33)34)4-5-21(20)29-25(24)19-13-22(35-3)26-27-15-28-31(26)14-19/h4-5,12-17,29H,6-11H2,1-3H3,(H,33,34). The van der Waals surface area contributed by atoms with Crippen molar-refractivity contribution in [3.05, 3.63) is 47.9 Å². The number of amides is 1. The molecular formula is C26H31N5O4S. The van der Waals surface area contributed by atoms with Crippen molar-refractivity contribution in [3.63, 3.8) is 0 Å². The van der Waals surface area contributed by atoms with Crippen LogP contribution in [0.15, 0.2) is 36.8 Å². The van der Waals surface area contributed by atoms with Gasteiger partial charge in [-0.3, -0.25) is 4.79 Å². The molecule has 0 bridgehead atoms. The van der Waals surface area contributed by atoms with Crippen LogP contribution in [0.3, 0.4) is 0 Å². The minimum Gasteiger partial charge on any atom is -0.493 e. The highest BCUT2D eigenvalue weighted by molar-refractivity contribution is 7.79. The molecule has 1 atom stereocenters. The molecule has 3 aromatic heterocycles. The summed E-state index contributed by atoms with van der Waals surface area (Å²) in [5.74, 6) is 1.29. The van der Waals surface area contributed by atoms with Crippen LogP contribution in [0, 0.1) is 0 Å². The fourth-order valence-corrected chi connectivity index (χ4v) is 5.64. The lowest BCUT2D eigenvalue weighted by Gasteiger charge is -2.32. The van der Waals surface area contributed by atoms with Crippen molar-refractivity contribution in [3.8, 4) is 17.0 Å². The molecule has 9 nitrogen and oxygen atoms in total. The number of piperidine rings is 1. The Bertz CT molecular complexity index is 1440. The lowest BCUT2D eigenvalue weighted by atomic mass is 9.87. The van der Waals surface area contributed by atoms with Crippen molar-refractivity contribution >= 4 is 33.5 Å². The summed E-state index contributed by atoms with van der Waals surface area (Å²) >= 11 is -1.93. The van der Waals surface area contributed by atoms with Crippen LogP contribution in [0.25, 0.3) is 27.8 Å². The zero-order valence-electron chi connectivity index (χ0n) is 20.7. The van der Waals surface area contributed by atoms with E-state index in [2.05, 4.69) is 47.1 Å². The number of ether oxygens (including phenoxy) is 1. The zero-order valence-corrected chi connectivity index (χ0v) is 21.5. The summed E-state index contributed by atoms with van der Waals surface area (Å²) in [6, 6.07) is 8.64. The minimum absolute atomic E-state index is 0.00104. The number of aromatic nitrogens is 4. The highest BCUT2D eigenvalue weighted by Crippen LogP contribution is 2.39. The monoisotopic (exact) mass is 509 g/mol. The third kappa shape index (κ3) is 4.62. The quantitative estimate of drug-likeness (QED) is 0.359. The van der Waals surface area contributed by atoms with E-state index in [1.54, 1.807) is 11.6 Å². The Kier molecular flexibility index (Phi) is 6.81. The number of nitrogens with one attached hydrogen (secondary N) is 1. The topological polar surface area (TPSA) is 113 Å². The molecule has 0 spiro atoms. The summed E-state index contributed by atoms with van der Waals surface area (Å²) in [6.07, 6.45) is 5.38. The molecule has 0 radical (unpaired) electrons. The average molecular weight is 510 g/mol. The Labute approximate surface area is 212 Å². The van der Waals surface area contributed by atoms with Gasteiger partial charge in [0.15, 0.2) is 22.5 Å². The number of likely N-dealkylation sites (tertiary alicyclic amines) is 1. The van der Waals surface area contributed by atoms with Crippen LogP contribution in [0.4, 0.5) is 0 Å². The Morgan fingerprint density at radius 3 is 2.75 bits per heavy atom. The lowest BCUT2D eigenvalue weighted by Crippen LogP contribution is -2.38. The number of carbonyl (C=O) groups is 1. The van der Waals surface area contributed by atoms with Crippen molar-refractivity contribution in [1.29, 1.82) is 0 Å². The first-order valence-corrected chi connectivity index (χ1v) is 13.5. The predicted molar refractivity (Wildman–Crippen MR) is 140 cm³/mol. The first-order valence-electron chi connectivity index (χ1n) is 12.2. The van der Waals surface area contributed by atoms with Gasteiger partial charge in [-0.05, 0) is 54.0 Å². The number of rotatable bonds is 7. The summed E-state index contributed by atoms with van der Waals surface area (Å²) < 4.78 is 27.2. The molecule has 5 rings (SSSR count). The van der Waals surface area contributed by atoms with Crippen molar-refractivity contribution in [2.45, 2.75) is 44.9 Å². The number of fused-ring (bicyclic) bond motifs is 2. The van der Waals surface area contributed by atoms with Gasteiger partial charge in [0.2, 0.25) is 5.91 Å². The van der Waals surface area contributed by atoms with E-state index in [4.69, 9.17) is 9.29 Å². The number of benzene rings is 1. The van der Waals surface area contributed by atoms with E-state index in [0.29, 0.717) is 30.4 Å². The van der Waals surface area contributed by atoms with Crippen molar-refractivity contribution in [1.82, 2.24) is 24.5 Å². The SMILES string of the molecule is COc1cc(-c2[nH]c3ccc(C4CCN(C(=O)CCS(=O)O)CC4)cc3c2C(C)C)cn2ncnc12. The van der Waals surface area contributed by atoms with Crippen LogP contribution in [-0.4, -0.2) is 65.1 Å². The normalized spacial score (nSPS) is 15.8. The fraction of sp³-hybridized carbons (Fsp3) is 0.423. The van der Waals surface area contributed by atoms with E-state index in [1.807, 2.05) is 17.2 Å². The Hall–Kier alpha value is -3.24. The Morgan fingerprint density at radius 2 is 2.06 bits per heavy atom. The van der Waals surface area contributed by atoms with Crippen LogP contribution >= 0.6 is 0 Å². The number of H-pyrrole nitrogens is 1. The molecule has 1 unspecified atom stereocenters. The maximum Gasteiger partial charge on any atom is 0.223 e. The third-order valence-electron chi connectivity index (χ3n) is 7.10. The first-order chi connectivity index (χ1) is 17.4. The van der Waals surface area contributed by atoms with Crippen molar-refractivity contribution in [2.24, 2.45) is 0 Å². The smallest absolute Gasteiger partial charge is 0.223 e. The summed E-state index contributed by atoms with van der Waals surface area (Å²) in [5.41, 5.74) is 6.33. The Balaban J connectivity index is 1.44. The van der Waals surface area contributed by atoms with Crippen LogP contribution < -0.4 is 4.74 Å². The van der Waals surface area contributed by atoms with Crippen molar-refractivity contribution in [2.75, 3.05) is 26.0 Å². The summed E-state index contributed by atoms with van der Waals surface area (Å²) in [4.78, 5) is 22.1. The summed E-state index contributed by atoms with van der Waals surface area (Å²) in [5, 5.41) is 5.52. The summed E-state index contributed by atoms with van der Waals surface area (Å²) in [7, 11) is 1.64. The average Bonchev–Trinajstić information content (AvgIpc) is 3.51. The number of hydrogen-bond donors (Lipinski definition) is 2. The third-order valence-corrected chi connectivity index (χ3v) is 7.65. The first kappa shape index (κ1) is 24.5. The minimum atomic E-state index is -1.93. The molecule has 0 aliphatic carbocycles. The van der Waals surface area contributed by atoms with Gasteiger partial charge in [-0.25, -0.2) is 13.7 Å². The van der Waals surface area contributed by atoms with Gasteiger partial charge in [-0.1, -0.05) is 19.9 Å². The van der Waals surface area contributed by atoms with Crippen molar-refractivity contribution < 1.29 is 18.3 Å². The summed E-state index contributed by atoms with van der Waals surface area (Å²) in [6.45, 7) is 5.75. The number of hydrogen-bond acceptors (Lipinski definition) is 5. The highest BCUT2D eigenvalue weighted by Gasteiger charge is 2.25. The number of aromatic amines is 1. The molecule has 1 aliphatic heterocycles. The van der Waals surface area contributed by atoms with Gasteiger partial charge in [0, 0.05) is 42.2 Å². The molecule has 4 heterocycles. The zero-order chi connectivity index (χ0) is 25.4. The van der Waals surface area contributed by atoms with Crippen LogP contribution in [0.1, 0.15) is 56.1 Å². The number of carbonyl (C=O) groups excluding carboxylic acids is 1. The lowest BCUT2D eigenvalue weighted by molar-refractivity contribution is -0.131. The second kappa shape index (κ2) is 10.0. The number of methoxy groups -OCH3 is 1. The van der Waals surface area contributed by atoms with Gasteiger partial charge >= 0.3 is 0 Å². The van der Waals surface area contributed by atoms with Gasteiger partial charge < -0.3 is 19.2 Å². The largest absolute Gasteiger partial charge is 0.493 e. The van der Waals surface area contributed by atoms with E-state index in [0.717, 1.165) is 29.6 Å². The van der Waals surface area contributed by atoms with Crippen LogP contribution in [-0.2, 0) is 15.9 Å². The number of pyridine rings is 1. The number of nitrogens with zero attached hydrogens (tertiary/aromatic N) is 4. The molecule has 1 amide bonds. The van der Waals surface area contributed by atoms with Crippen LogP contribution in [0.5, 0.6) is 5.75 Å². The molecule has 0 saturated carbocycles. The van der Waals surface area contributed by atoms with Gasteiger partial charge in [0.1, 0.15) is 6.33 Å². The molecule has 10 heteroatoms. The van der Waals surface area contributed by atoms with E-state index in [1.165, 1.54) is 22.8 Å². The second-order valence-corrected chi connectivity index (χ2v) is 10.7. The molecule has 1 aliphatic rings. The molecule has 190 valence electrons. The van der Waals surface area contributed by atoms with Gasteiger partial charge in [-0.2, -0.15) is 5.10 Å². The highest BCUT2D eigenvalue weighted by atomic mass is 32.2. The van der Waals surface area contributed by atoms with E-state index in [9.17, 15) is 9.00 Å². The molecule has 1 saturated heterocycles. The molecular weight excluding hydrogens is 478 g/mol. The fourth-order valence-electron chi connectivity index (χ4n) is 5.29. The molecule has 4 aromatic rings. The second-order valence-electron chi connectivity index (χ2n) is 9.63.